The van der Waals surface area contributed by atoms with Crippen LogP contribution in [0.5, 0.6) is 0 Å². The Bertz CT molecular complexity index is 464. The van der Waals surface area contributed by atoms with Crippen molar-refractivity contribution in [2.24, 2.45) is 0 Å². The van der Waals surface area contributed by atoms with Gasteiger partial charge in [0.1, 0.15) is 0 Å². The first-order chi connectivity index (χ1) is 12.0. The average molecular weight is 433 g/mol. The molecule has 0 aliphatic rings. The number of aryl methyl sites for hydroxylation is 1. The number of alkyl halides is 1. The van der Waals surface area contributed by atoms with Crippen LogP contribution in [0, 0.1) is 17.0 Å². The van der Waals surface area contributed by atoms with Gasteiger partial charge in [-0.1, -0.05) is 62.0 Å². The Morgan fingerprint density at radius 1 is 1.00 bits per heavy atom. The summed E-state index contributed by atoms with van der Waals surface area (Å²) in [6, 6.07) is 5.10. The van der Waals surface area contributed by atoms with Crippen LogP contribution in [0.15, 0.2) is 18.2 Å². The van der Waals surface area contributed by atoms with Crippen LogP contribution in [0.4, 0.5) is 5.69 Å². The molecule has 0 spiro atoms. The lowest BCUT2D eigenvalue weighted by Crippen LogP contribution is -1.95. The van der Waals surface area contributed by atoms with E-state index in [-0.39, 0.29) is 18.5 Å². The predicted molar refractivity (Wildman–Crippen MR) is 118 cm³/mol. The summed E-state index contributed by atoms with van der Waals surface area (Å²) in [5.41, 5.74) is 1.94. The third kappa shape index (κ3) is 11.7. The van der Waals surface area contributed by atoms with Crippen LogP contribution in [0.1, 0.15) is 70.4 Å². The molecule has 0 aliphatic heterocycles. The van der Waals surface area contributed by atoms with Gasteiger partial charge < -0.3 is 0 Å². The van der Waals surface area contributed by atoms with Crippen LogP contribution >= 0.6 is 23.9 Å². The summed E-state index contributed by atoms with van der Waals surface area (Å²) in [7, 11) is 0.0675. The van der Waals surface area contributed by atoms with E-state index in [0.29, 0.717) is 5.56 Å². The van der Waals surface area contributed by atoms with Crippen LogP contribution in [-0.4, -0.2) is 23.4 Å². The molecule has 1 rings (SSSR count). The third-order valence-corrected chi connectivity index (χ3v) is 8.09. The van der Waals surface area contributed by atoms with Crippen molar-refractivity contribution in [3.8, 4) is 0 Å². The SMILES string of the molecule is CCCC[PH+](CCCC)CCCC.Cc1cc(CBr)ccc1[N+](=O)[O-]. The second-order valence-electron chi connectivity index (χ2n) is 6.57. The molecule has 25 heavy (non-hydrogen) atoms. The summed E-state index contributed by atoms with van der Waals surface area (Å²) in [5, 5.41) is 11.1. The number of hydrogen-bond donors (Lipinski definition) is 0. The Labute approximate surface area is 164 Å². The van der Waals surface area contributed by atoms with E-state index >= 15 is 0 Å². The number of nitro groups is 1. The molecular formula is C20H36BrNO2P+. The van der Waals surface area contributed by atoms with Crippen molar-refractivity contribution >= 4 is 29.5 Å². The number of unbranched alkanes of at least 4 members (excludes halogenated alkanes) is 3. The number of nitrogens with zero attached hydrogens (tertiary/aromatic N) is 1. The van der Waals surface area contributed by atoms with E-state index in [9.17, 15) is 10.1 Å². The van der Waals surface area contributed by atoms with Gasteiger partial charge in [-0.15, -0.1) is 0 Å². The highest BCUT2D eigenvalue weighted by atomic mass is 79.9. The van der Waals surface area contributed by atoms with Gasteiger partial charge in [0.25, 0.3) is 5.69 Å². The van der Waals surface area contributed by atoms with Crippen LogP contribution in [0.2, 0.25) is 0 Å². The minimum absolute atomic E-state index is 0.0675. The second-order valence-corrected chi connectivity index (χ2v) is 10.1. The lowest BCUT2D eigenvalue weighted by molar-refractivity contribution is -0.385. The maximum Gasteiger partial charge on any atom is 0.272 e. The standard InChI is InChI=1S/C12H27P.C8H8BrNO2/c1-4-7-10-13(11-8-5-2)12-9-6-3;1-6-4-7(5-9)2-3-8(6)10(11)12/h4-12H2,1-3H3;2-4H,5H2,1H3/p+1. The molecule has 0 unspecified atom stereocenters. The topological polar surface area (TPSA) is 43.1 Å². The number of benzene rings is 1. The Kier molecular flexibility index (Phi) is 15.5. The van der Waals surface area contributed by atoms with E-state index in [2.05, 4.69) is 36.7 Å². The molecule has 0 saturated heterocycles. The Hall–Kier alpha value is -0.470. The number of halogens is 1. The summed E-state index contributed by atoms with van der Waals surface area (Å²) < 4.78 is 0. The molecule has 0 fully saturated rings. The van der Waals surface area contributed by atoms with Crippen molar-refractivity contribution in [2.75, 3.05) is 18.5 Å². The van der Waals surface area contributed by atoms with E-state index in [0.717, 1.165) is 10.9 Å². The lowest BCUT2D eigenvalue weighted by atomic mass is 10.1. The predicted octanol–water partition coefficient (Wildman–Crippen LogP) is 7.40. The monoisotopic (exact) mass is 432 g/mol. The molecule has 0 amide bonds. The summed E-state index contributed by atoms with van der Waals surface area (Å²) in [4.78, 5) is 10.0. The Morgan fingerprint density at radius 2 is 1.48 bits per heavy atom. The fourth-order valence-electron chi connectivity index (χ4n) is 2.66. The van der Waals surface area contributed by atoms with Gasteiger partial charge in [-0.2, -0.15) is 0 Å². The van der Waals surface area contributed by atoms with Gasteiger partial charge in [0.2, 0.25) is 0 Å². The minimum atomic E-state index is -0.368. The van der Waals surface area contributed by atoms with E-state index in [1.807, 2.05) is 6.07 Å². The molecular weight excluding hydrogens is 397 g/mol. The molecule has 0 atom stereocenters. The molecule has 1 aromatic rings. The van der Waals surface area contributed by atoms with Crippen molar-refractivity contribution < 1.29 is 4.92 Å². The van der Waals surface area contributed by atoms with Gasteiger partial charge in [0.15, 0.2) is 0 Å². The largest absolute Gasteiger partial charge is 0.272 e. The summed E-state index contributed by atoms with van der Waals surface area (Å²) >= 11 is 3.28. The van der Waals surface area contributed by atoms with Gasteiger partial charge >= 0.3 is 0 Å². The lowest BCUT2D eigenvalue weighted by Gasteiger charge is -2.09. The van der Waals surface area contributed by atoms with Gasteiger partial charge in [-0.25, -0.2) is 0 Å². The number of hydrogen-bond acceptors (Lipinski definition) is 2. The molecule has 0 heterocycles. The van der Waals surface area contributed by atoms with Gasteiger partial charge in [0, 0.05) is 24.9 Å². The molecule has 1 aromatic carbocycles. The van der Waals surface area contributed by atoms with E-state index in [1.165, 1.54) is 44.6 Å². The second kappa shape index (κ2) is 15.8. The van der Waals surface area contributed by atoms with Crippen LogP contribution in [0.25, 0.3) is 0 Å². The average Bonchev–Trinajstić information content (AvgIpc) is 2.61. The smallest absolute Gasteiger partial charge is 0.258 e. The number of nitro benzene ring substituents is 1. The quantitative estimate of drug-likeness (QED) is 0.158. The van der Waals surface area contributed by atoms with Gasteiger partial charge in [-0.3, -0.25) is 10.1 Å². The van der Waals surface area contributed by atoms with Crippen LogP contribution < -0.4 is 0 Å². The zero-order valence-electron chi connectivity index (χ0n) is 16.4. The molecule has 0 radical (unpaired) electrons. The van der Waals surface area contributed by atoms with Gasteiger partial charge in [-0.05, 0) is 37.8 Å². The van der Waals surface area contributed by atoms with Crippen molar-refractivity contribution in [3.63, 3.8) is 0 Å². The fraction of sp³-hybridized carbons (Fsp3) is 0.700. The van der Waals surface area contributed by atoms with Crippen molar-refractivity contribution in [2.45, 2.75) is 71.5 Å². The maximum absolute atomic E-state index is 10.4. The van der Waals surface area contributed by atoms with Crippen LogP contribution in [0.3, 0.4) is 0 Å². The molecule has 0 saturated carbocycles. The summed E-state index contributed by atoms with van der Waals surface area (Å²) in [6.07, 6.45) is 13.4. The van der Waals surface area contributed by atoms with Gasteiger partial charge in [0.05, 0.1) is 23.4 Å². The first kappa shape index (κ1) is 24.5. The maximum atomic E-state index is 10.4. The van der Waals surface area contributed by atoms with E-state index in [1.54, 1.807) is 31.5 Å². The zero-order valence-corrected chi connectivity index (χ0v) is 19.0. The Morgan fingerprint density at radius 3 is 1.80 bits per heavy atom. The van der Waals surface area contributed by atoms with Crippen LogP contribution in [-0.2, 0) is 5.33 Å². The molecule has 3 nitrogen and oxygen atoms in total. The first-order valence-corrected chi connectivity index (χ1v) is 12.9. The van der Waals surface area contributed by atoms with Crippen molar-refractivity contribution in [1.82, 2.24) is 0 Å². The molecule has 5 heteroatoms. The normalized spacial score (nSPS) is 10.5. The van der Waals surface area contributed by atoms with E-state index in [4.69, 9.17) is 0 Å². The first-order valence-electron chi connectivity index (χ1n) is 9.63. The molecule has 0 aliphatic carbocycles. The highest BCUT2D eigenvalue weighted by molar-refractivity contribution is 9.08. The highest BCUT2D eigenvalue weighted by Gasteiger charge is 2.13. The third-order valence-electron chi connectivity index (χ3n) is 4.26. The molecule has 0 aromatic heterocycles. The van der Waals surface area contributed by atoms with Crippen molar-refractivity contribution in [3.05, 3.63) is 39.4 Å². The molecule has 144 valence electrons. The van der Waals surface area contributed by atoms with E-state index < -0.39 is 0 Å². The molecule has 0 bridgehead atoms. The number of rotatable bonds is 11. The Balaban J connectivity index is 0.000000462. The zero-order chi connectivity index (χ0) is 19.1. The highest BCUT2D eigenvalue weighted by Crippen LogP contribution is 2.38. The summed E-state index contributed by atoms with van der Waals surface area (Å²) in [5.74, 6) is 0. The molecule has 0 N–H and O–H groups in total. The summed E-state index contributed by atoms with van der Waals surface area (Å²) in [6.45, 7) is 8.70. The minimum Gasteiger partial charge on any atom is -0.258 e. The fourth-order valence-corrected chi connectivity index (χ4v) is 6.32. The van der Waals surface area contributed by atoms with Crippen molar-refractivity contribution in [1.29, 1.82) is 0 Å².